The van der Waals surface area contributed by atoms with E-state index in [1.54, 1.807) is 10.9 Å². The van der Waals surface area contributed by atoms with Gasteiger partial charge < -0.3 is 5.32 Å². The van der Waals surface area contributed by atoms with Gasteiger partial charge in [0.2, 0.25) is 5.91 Å². The van der Waals surface area contributed by atoms with E-state index in [0.717, 1.165) is 30.5 Å². The summed E-state index contributed by atoms with van der Waals surface area (Å²) < 4.78 is 1.80. The number of benzene rings is 2. The summed E-state index contributed by atoms with van der Waals surface area (Å²) in [6, 6.07) is 20.2. The Morgan fingerprint density at radius 1 is 1.04 bits per heavy atom. The average Bonchev–Trinajstić information content (AvgIpc) is 3.08. The molecule has 0 atom stereocenters. The van der Waals surface area contributed by atoms with Gasteiger partial charge in [-0.2, -0.15) is 5.10 Å². The first kappa shape index (κ1) is 15.6. The predicted molar refractivity (Wildman–Crippen MR) is 97.4 cm³/mol. The Kier molecular flexibility index (Phi) is 4.10. The molecule has 1 fully saturated rings. The maximum Gasteiger partial charge on any atom is 0.225 e. The van der Waals surface area contributed by atoms with Crippen molar-refractivity contribution in [3.63, 3.8) is 0 Å². The third-order valence-corrected chi connectivity index (χ3v) is 4.93. The van der Waals surface area contributed by atoms with Crippen LogP contribution in [0.1, 0.15) is 30.4 Å². The van der Waals surface area contributed by atoms with Crippen molar-refractivity contribution >= 4 is 5.91 Å². The predicted octanol–water partition coefficient (Wildman–Crippen LogP) is 3.61. The van der Waals surface area contributed by atoms with Crippen LogP contribution in [-0.4, -0.2) is 15.7 Å². The molecule has 3 aromatic rings. The molecule has 1 heterocycles. The van der Waals surface area contributed by atoms with Crippen LogP contribution in [-0.2, 0) is 16.8 Å². The van der Waals surface area contributed by atoms with E-state index >= 15 is 0 Å². The Hall–Kier alpha value is -2.88. The van der Waals surface area contributed by atoms with Gasteiger partial charge in [-0.1, -0.05) is 48.5 Å². The normalized spacial score (nSPS) is 15.4. The SMILES string of the molecule is O=C(Cc1cnn(-c2ccccc2)c1)NC1(c2ccccc2)CCC1. The van der Waals surface area contributed by atoms with Gasteiger partial charge in [0, 0.05) is 6.20 Å². The Balaban J connectivity index is 1.45. The van der Waals surface area contributed by atoms with Crippen molar-refractivity contribution in [1.29, 1.82) is 0 Å². The van der Waals surface area contributed by atoms with Crippen molar-refractivity contribution in [1.82, 2.24) is 15.1 Å². The summed E-state index contributed by atoms with van der Waals surface area (Å²) in [5.41, 5.74) is 2.93. The Bertz CT molecular complexity index is 851. The monoisotopic (exact) mass is 331 g/mol. The number of hydrogen-bond acceptors (Lipinski definition) is 2. The standard InChI is InChI=1S/C21H21N3O/c25-20(23-21(12-7-13-21)18-8-3-1-4-9-18)14-17-15-22-24(16-17)19-10-5-2-6-11-19/h1-6,8-11,15-16H,7,12-14H2,(H,23,25). The number of carbonyl (C=O) groups excluding carboxylic acids is 1. The third-order valence-electron chi connectivity index (χ3n) is 4.93. The minimum Gasteiger partial charge on any atom is -0.346 e. The average molecular weight is 331 g/mol. The second-order valence-electron chi connectivity index (χ2n) is 6.66. The summed E-state index contributed by atoms with van der Waals surface area (Å²) in [6.45, 7) is 0. The second-order valence-corrected chi connectivity index (χ2v) is 6.66. The second kappa shape index (κ2) is 6.55. The topological polar surface area (TPSA) is 46.9 Å². The molecule has 0 aliphatic heterocycles. The smallest absolute Gasteiger partial charge is 0.225 e. The van der Waals surface area contributed by atoms with Crippen LogP contribution in [0.4, 0.5) is 0 Å². The fourth-order valence-corrected chi connectivity index (χ4v) is 3.44. The van der Waals surface area contributed by atoms with E-state index in [1.165, 1.54) is 5.56 Å². The molecule has 1 saturated carbocycles. The van der Waals surface area contributed by atoms with E-state index < -0.39 is 0 Å². The molecule has 1 amide bonds. The minimum absolute atomic E-state index is 0.0520. The number of nitrogens with one attached hydrogen (secondary N) is 1. The van der Waals surface area contributed by atoms with E-state index in [9.17, 15) is 4.79 Å². The first-order valence-corrected chi connectivity index (χ1v) is 8.71. The number of carbonyl (C=O) groups is 1. The van der Waals surface area contributed by atoms with Crippen LogP contribution in [0.25, 0.3) is 5.69 Å². The van der Waals surface area contributed by atoms with Crippen LogP contribution in [0.2, 0.25) is 0 Å². The quantitative estimate of drug-likeness (QED) is 0.776. The summed E-state index contributed by atoms with van der Waals surface area (Å²) >= 11 is 0. The Morgan fingerprint density at radius 3 is 2.36 bits per heavy atom. The zero-order valence-corrected chi connectivity index (χ0v) is 14.1. The first-order chi connectivity index (χ1) is 12.3. The lowest BCUT2D eigenvalue weighted by Crippen LogP contribution is -2.51. The number of aromatic nitrogens is 2. The highest BCUT2D eigenvalue weighted by Gasteiger charge is 2.39. The van der Waals surface area contributed by atoms with E-state index in [2.05, 4.69) is 22.5 Å². The van der Waals surface area contributed by atoms with Gasteiger partial charge in [0.25, 0.3) is 0 Å². The highest BCUT2D eigenvalue weighted by atomic mass is 16.1. The molecule has 1 N–H and O–H groups in total. The van der Waals surface area contributed by atoms with E-state index in [-0.39, 0.29) is 11.4 Å². The summed E-state index contributed by atoms with van der Waals surface area (Å²) in [6.07, 6.45) is 7.20. The maximum absolute atomic E-state index is 12.6. The van der Waals surface area contributed by atoms with Gasteiger partial charge in [-0.25, -0.2) is 4.68 Å². The van der Waals surface area contributed by atoms with Crippen LogP contribution < -0.4 is 5.32 Å². The molecule has 4 nitrogen and oxygen atoms in total. The van der Waals surface area contributed by atoms with Gasteiger partial charge in [0.05, 0.1) is 23.8 Å². The van der Waals surface area contributed by atoms with E-state index in [4.69, 9.17) is 0 Å². The maximum atomic E-state index is 12.6. The zero-order valence-electron chi connectivity index (χ0n) is 14.1. The van der Waals surface area contributed by atoms with Gasteiger partial charge in [0.15, 0.2) is 0 Å². The highest BCUT2D eigenvalue weighted by molar-refractivity contribution is 5.79. The van der Waals surface area contributed by atoms with Crippen LogP contribution in [0.5, 0.6) is 0 Å². The summed E-state index contributed by atoms with van der Waals surface area (Å²) in [7, 11) is 0. The largest absolute Gasteiger partial charge is 0.346 e. The molecule has 4 rings (SSSR count). The van der Waals surface area contributed by atoms with Gasteiger partial charge in [-0.15, -0.1) is 0 Å². The molecule has 25 heavy (non-hydrogen) atoms. The molecule has 126 valence electrons. The number of rotatable bonds is 5. The Labute approximate surface area is 147 Å². The van der Waals surface area contributed by atoms with Gasteiger partial charge in [0.1, 0.15) is 0 Å². The zero-order chi connectivity index (χ0) is 17.1. The van der Waals surface area contributed by atoms with Crippen molar-refractivity contribution in [3.05, 3.63) is 84.2 Å². The summed E-state index contributed by atoms with van der Waals surface area (Å²) in [5.74, 6) is 0.0520. The van der Waals surface area contributed by atoms with Crippen molar-refractivity contribution in [2.75, 3.05) is 0 Å². The fourth-order valence-electron chi connectivity index (χ4n) is 3.44. The summed E-state index contributed by atoms with van der Waals surface area (Å²) in [4.78, 5) is 12.6. The molecular formula is C21H21N3O. The molecule has 1 aliphatic carbocycles. The summed E-state index contributed by atoms with van der Waals surface area (Å²) in [5, 5.41) is 7.63. The number of para-hydroxylation sites is 1. The van der Waals surface area contributed by atoms with Crippen LogP contribution in [0.3, 0.4) is 0 Å². The Morgan fingerprint density at radius 2 is 1.72 bits per heavy atom. The lowest BCUT2D eigenvalue weighted by molar-refractivity contribution is -0.123. The van der Waals surface area contributed by atoms with E-state index in [1.807, 2.05) is 54.7 Å². The minimum atomic E-state index is -0.187. The van der Waals surface area contributed by atoms with Gasteiger partial charge >= 0.3 is 0 Å². The van der Waals surface area contributed by atoms with Crippen LogP contribution >= 0.6 is 0 Å². The first-order valence-electron chi connectivity index (χ1n) is 8.71. The lowest BCUT2D eigenvalue weighted by Gasteiger charge is -2.43. The highest BCUT2D eigenvalue weighted by Crippen LogP contribution is 2.41. The van der Waals surface area contributed by atoms with Crippen molar-refractivity contribution < 1.29 is 4.79 Å². The number of nitrogens with zero attached hydrogens (tertiary/aromatic N) is 2. The molecular weight excluding hydrogens is 310 g/mol. The molecule has 0 radical (unpaired) electrons. The molecule has 0 saturated heterocycles. The van der Waals surface area contributed by atoms with Gasteiger partial charge in [-0.3, -0.25) is 4.79 Å². The van der Waals surface area contributed by atoms with Crippen LogP contribution in [0.15, 0.2) is 73.1 Å². The molecule has 0 unspecified atom stereocenters. The molecule has 4 heteroatoms. The lowest BCUT2D eigenvalue weighted by atomic mass is 9.71. The molecule has 1 aliphatic rings. The van der Waals surface area contributed by atoms with Gasteiger partial charge in [-0.05, 0) is 42.5 Å². The molecule has 2 aromatic carbocycles. The van der Waals surface area contributed by atoms with Crippen molar-refractivity contribution in [3.8, 4) is 5.69 Å². The van der Waals surface area contributed by atoms with Crippen molar-refractivity contribution in [2.24, 2.45) is 0 Å². The van der Waals surface area contributed by atoms with Crippen LogP contribution in [0, 0.1) is 0 Å². The molecule has 0 bridgehead atoms. The van der Waals surface area contributed by atoms with E-state index in [0.29, 0.717) is 6.42 Å². The molecule has 0 spiro atoms. The fraction of sp³-hybridized carbons (Fsp3) is 0.238. The number of amides is 1. The third kappa shape index (κ3) is 3.20. The number of hydrogen-bond donors (Lipinski definition) is 1. The van der Waals surface area contributed by atoms with Crippen molar-refractivity contribution in [2.45, 2.75) is 31.2 Å². The molecule has 1 aromatic heterocycles.